The number of aliphatic hydroxyl groups excluding tert-OH is 1. The fraction of sp³-hybridized carbons (Fsp3) is 0.632. The maximum atomic E-state index is 10.0. The van der Waals surface area contributed by atoms with E-state index < -0.39 is 6.10 Å². The van der Waals surface area contributed by atoms with Crippen molar-refractivity contribution in [1.29, 1.82) is 0 Å². The zero-order valence-electron chi connectivity index (χ0n) is 14.2. The summed E-state index contributed by atoms with van der Waals surface area (Å²) >= 11 is 0. The number of fused-ring (bicyclic) bond motifs is 1. The fourth-order valence-electron chi connectivity index (χ4n) is 3.88. The van der Waals surface area contributed by atoms with Crippen molar-refractivity contribution in [1.82, 2.24) is 10.3 Å². The third kappa shape index (κ3) is 3.82. The van der Waals surface area contributed by atoms with E-state index in [1.165, 1.54) is 18.4 Å². The van der Waals surface area contributed by atoms with Crippen LogP contribution in [0.15, 0.2) is 36.0 Å². The van der Waals surface area contributed by atoms with Crippen molar-refractivity contribution in [2.75, 3.05) is 19.8 Å². The lowest BCUT2D eigenvalue weighted by Crippen LogP contribution is -2.48. The second-order valence-corrected chi connectivity index (χ2v) is 7.44. The molecule has 3 atom stereocenters. The molecule has 2 N–H and O–H groups in total. The van der Waals surface area contributed by atoms with E-state index in [0.717, 1.165) is 11.6 Å². The van der Waals surface area contributed by atoms with Crippen LogP contribution >= 0.6 is 0 Å². The molecule has 1 aromatic heterocycles. The molecule has 4 rings (SSSR count). The zero-order valence-corrected chi connectivity index (χ0v) is 14.2. The Kier molecular flexibility index (Phi) is 5.14. The second kappa shape index (κ2) is 7.12. The van der Waals surface area contributed by atoms with E-state index in [0.29, 0.717) is 37.6 Å². The Labute approximate surface area is 139 Å². The molecule has 1 saturated carbocycles. The number of ether oxygens (including phenoxy) is 1. The van der Waals surface area contributed by atoms with Crippen molar-refractivity contribution in [3.05, 3.63) is 41.7 Å². The molecule has 0 radical (unpaired) electrons. The lowest BCUT2D eigenvalue weighted by atomic mass is 9.49. The molecule has 4 heteroatoms. The van der Waals surface area contributed by atoms with Gasteiger partial charge in [-0.2, -0.15) is 0 Å². The first-order valence-electron chi connectivity index (χ1n) is 8.62. The summed E-state index contributed by atoms with van der Waals surface area (Å²) in [4.78, 5) is 4.24. The van der Waals surface area contributed by atoms with E-state index in [4.69, 9.17) is 4.74 Å². The molecule has 0 spiro atoms. The Morgan fingerprint density at radius 3 is 3.00 bits per heavy atom. The number of allylic oxidation sites excluding steroid dienone is 1. The summed E-state index contributed by atoms with van der Waals surface area (Å²) in [5, 5.41) is 13.2. The molecule has 23 heavy (non-hydrogen) atoms. The van der Waals surface area contributed by atoms with Crippen LogP contribution in [0.25, 0.3) is 0 Å². The van der Waals surface area contributed by atoms with Crippen LogP contribution in [0.1, 0.15) is 32.4 Å². The van der Waals surface area contributed by atoms with E-state index in [9.17, 15) is 5.11 Å². The van der Waals surface area contributed by atoms with Gasteiger partial charge < -0.3 is 15.2 Å². The van der Waals surface area contributed by atoms with E-state index in [1.807, 2.05) is 18.2 Å². The van der Waals surface area contributed by atoms with E-state index in [-0.39, 0.29) is 0 Å². The average Bonchev–Trinajstić information content (AvgIpc) is 2.56. The summed E-state index contributed by atoms with van der Waals surface area (Å²) in [5.41, 5.74) is 2.86. The monoisotopic (exact) mass is 316 g/mol. The summed E-state index contributed by atoms with van der Waals surface area (Å²) in [6.45, 7) is 6.97. The predicted molar refractivity (Wildman–Crippen MR) is 90.8 cm³/mol. The first-order chi connectivity index (χ1) is 11.1. The SMILES string of the molecule is CC1(C)C2CC=C(COCC(O)CNCc3ccccn3)C1C2. The highest BCUT2D eigenvalue weighted by Gasteiger charge is 2.50. The molecule has 3 aliphatic carbocycles. The zero-order chi connectivity index (χ0) is 16.3. The highest BCUT2D eigenvalue weighted by molar-refractivity contribution is 5.23. The number of aromatic nitrogens is 1. The molecule has 2 bridgehead atoms. The van der Waals surface area contributed by atoms with Crippen LogP contribution in [0.2, 0.25) is 0 Å². The Morgan fingerprint density at radius 2 is 2.30 bits per heavy atom. The number of rotatable bonds is 8. The minimum atomic E-state index is -0.481. The first kappa shape index (κ1) is 16.6. The van der Waals surface area contributed by atoms with Gasteiger partial charge in [0, 0.05) is 19.3 Å². The van der Waals surface area contributed by atoms with Crippen molar-refractivity contribution >= 4 is 0 Å². The second-order valence-electron chi connectivity index (χ2n) is 7.44. The van der Waals surface area contributed by atoms with Crippen molar-refractivity contribution < 1.29 is 9.84 Å². The Hall–Kier alpha value is -1.23. The molecular weight excluding hydrogens is 288 g/mol. The highest BCUT2D eigenvalue weighted by atomic mass is 16.5. The average molecular weight is 316 g/mol. The normalized spacial score (nSPS) is 26.3. The molecular formula is C19H28N2O2. The summed E-state index contributed by atoms with van der Waals surface area (Å²) in [6.07, 6.45) is 6.16. The highest BCUT2D eigenvalue weighted by Crippen LogP contribution is 2.59. The van der Waals surface area contributed by atoms with Crippen LogP contribution in [0.4, 0.5) is 0 Å². The van der Waals surface area contributed by atoms with Gasteiger partial charge in [0.05, 0.1) is 25.0 Å². The number of nitrogens with one attached hydrogen (secondary N) is 1. The summed E-state index contributed by atoms with van der Waals surface area (Å²) in [5.74, 6) is 1.54. The Bertz CT molecular complexity index is 542. The molecule has 0 saturated heterocycles. The summed E-state index contributed by atoms with van der Waals surface area (Å²) < 4.78 is 5.75. The molecule has 126 valence electrons. The van der Waals surface area contributed by atoms with Crippen LogP contribution in [0, 0.1) is 17.3 Å². The first-order valence-corrected chi connectivity index (χ1v) is 8.62. The van der Waals surface area contributed by atoms with Crippen molar-refractivity contribution in [3.8, 4) is 0 Å². The van der Waals surface area contributed by atoms with Gasteiger partial charge in [-0.05, 0) is 47.8 Å². The smallest absolute Gasteiger partial charge is 0.0897 e. The third-order valence-corrected chi connectivity index (χ3v) is 5.57. The Balaban J connectivity index is 1.32. The molecule has 1 aromatic rings. The van der Waals surface area contributed by atoms with Gasteiger partial charge in [-0.1, -0.05) is 26.0 Å². The van der Waals surface area contributed by atoms with Crippen LogP contribution in [-0.4, -0.2) is 36.0 Å². The Morgan fingerprint density at radius 1 is 1.43 bits per heavy atom. The third-order valence-electron chi connectivity index (χ3n) is 5.57. The lowest BCUT2D eigenvalue weighted by Gasteiger charge is -2.56. The van der Waals surface area contributed by atoms with Crippen molar-refractivity contribution in [2.24, 2.45) is 17.3 Å². The molecule has 0 aliphatic heterocycles. The predicted octanol–water partition coefficient (Wildman–Crippen LogP) is 2.54. The molecule has 1 heterocycles. The molecule has 3 aliphatic rings. The van der Waals surface area contributed by atoms with Crippen LogP contribution in [-0.2, 0) is 11.3 Å². The fourth-order valence-corrected chi connectivity index (χ4v) is 3.88. The van der Waals surface area contributed by atoms with Crippen LogP contribution < -0.4 is 5.32 Å². The quantitative estimate of drug-likeness (QED) is 0.724. The molecule has 0 amide bonds. The van der Waals surface area contributed by atoms with E-state index in [1.54, 1.807) is 6.20 Å². The van der Waals surface area contributed by atoms with Crippen LogP contribution in [0.3, 0.4) is 0 Å². The number of nitrogens with zero attached hydrogens (tertiary/aromatic N) is 1. The molecule has 1 fully saturated rings. The van der Waals surface area contributed by atoms with Gasteiger partial charge in [0.25, 0.3) is 0 Å². The van der Waals surface area contributed by atoms with Gasteiger partial charge in [-0.25, -0.2) is 0 Å². The largest absolute Gasteiger partial charge is 0.389 e. The van der Waals surface area contributed by atoms with E-state index in [2.05, 4.69) is 30.2 Å². The van der Waals surface area contributed by atoms with Crippen molar-refractivity contribution in [3.63, 3.8) is 0 Å². The molecule has 4 nitrogen and oxygen atoms in total. The van der Waals surface area contributed by atoms with Gasteiger partial charge in [0.2, 0.25) is 0 Å². The van der Waals surface area contributed by atoms with E-state index >= 15 is 0 Å². The number of aliphatic hydroxyl groups is 1. The number of pyridine rings is 1. The minimum Gasteiger partial charge on any atom is -0.389 e. The lowest BCUT2D eigenvalue weighted by molar-refractivity contribution is -0.0235. The number of hydrogen-bond acceptors (Lipinski definition) is 4. The molecule has 3 unspecified atom stereocenters. The van der Waals surface area contributed by atoms with Gasteiger partial charge in [-0.3, -0.25) is 4.98 Å². The van der Waals surface area contributed by atoms with Gasteiger partial charge in [0.15, 0.2) is 0 Å². The van der Waals surface area contributed by atoms with Crippen LogP contribution in [0.5, 0.6) is 0 Å². The maximum absolute atomic E-state index is 10.0. The maximum Gasteiger partial charge on any atom is 0.0897 e. The minimum absolute atomic E-state index is 0.378. The standard InChI is InChI=1S/C19H28N2O2/c1-19(2)15-7-6-14(18(19)9-15)12-23-13-17(22)11-20-10-16-5-3-4-8-21-16/h3-6,8,15,17-18,20,22H,7,9-13H2,1-2H3. The van der Waals surface area contributed by atoms with Gasteiger partial charge in [-0.15, -0.1) is 0 Å². The van der Waals surface area contributed by atoms with Crippen molar-refractivity contribution in [2.45, 2.75) is 39.3 Å². The van der Waals surface area contributed by atoms with Gasteiger partial charge in [0.1, 0.15) is 0 Å². The summed E-state index contributed by atoms with van der Waals surface area (Å²) in [7, 11) is 0. The topological polar surface area (TPSA) is 54.4 Å². The van der Waals surface area contributed by atoms with Gasteiger partial charge >= 0.3 is 0 Å². The molecule has 0 aromatic carbocycles. The number of hydrogen-bond donors (Lipinski definition) is 2. The summed E-state index contributed by atoms with van der Waals surface area (Å²) in [6, 6.07) is 5.84.